The number of anilines is 1. The zero-order chi connectivity index (χ0) is 13.7. The lowest BCUT2D eigenvalue weighted by Crippen LogP contribution is -2.03. The van der Waals surface area contributed by atoms with Gasteiger partial charge >= 0.3 is 0 Å². The van der Waals surface area contributed by atoms with Gasteiger partial charge < -0.3 is 14.6 Å². The Morgan fingerprint density at radius 3 is 2.84 bits per heavy atom. The van der Waals surface area contributed by atoms with Crippen molar-refractivity contribution in [3.05, 3.63) is 47.2 Å². The summed E-state index contributed by atoms with van der Waals surface area (Å²) < 4.78 is 7.74. The summed E-state index contributed by atoms with van der Waals surface area (Å²) in [7, 11) is 2.01. The smallest absolute Gasteiger partial charge is 0.142 e. The minimum Gasteiger partial charge on any atom is -0.491 e. The third kappa shape index (κ3) is 3.93. The highest BCUT2D eigenvalue weighted by Crippen LogP contribution is 2.28. The predicted octanol–water partition coefficient (Wildman–Crippen LogP) is 4.08. The minimum atomic E-state index is 0.708. The Morgan fingerprint density at radius 2 is 2.16 bits per heavy atom. The normalized spacial score (nSPS) is 10.5. The van der Waals surface area contributed by atoms with Crippen LogP contribution in [0, 0.1) is 0 Å². The minimum absolute atomic E-state index is 0.708. The SMILES string of the molecule is CCCOc1ccc(Cl)cc1NCc1ccn(C)c1. The van der Waals surface area contributed by atoms with Crippen LogP contribution in [-0.2, 0) is 13.6 Å². The van der Waals surface area contributed by atoms with Gasteiger partial charge in [0.05, 0.1) is 12.3 Å². The van der Waals surface area contributed by atoms with Crippen molar-refractivity contribution in [3.63, 3.8) is 0 Å². The summed E-state index contributed by atoms with van der Waals surface area (Å²) in [5.41, 5.74) is 2.16. The molecule has 0 radical (unpaired) electrons. The molecule has 0 saturated carbocycles. The van der Waals surface area contributed by atoms with Gasteiger partial charge in [0.15, 0.2) is 0 Å². The van der Waals surface area contributed by atoms with Crippen molar-refractivity contribution in [1.82, 2.24) is 4.57 Å². The van der Waals surface area contributed by atoms with Crippen LogP contribution in [0.4, 0.5) is 5.69 Å². The average Bonchev–Trinajstić information content (AvgIpc) is 2.81. The summed E-state index contributed by atoms with van der Waals surface area (Å²) in [6, 6.07) is 7.74. The number of nitrogens with zero attached hydrogens (tertiary/aromatic N) is 1. The molecule has 19 heavy (non-hydrogen) atoms. The molecular weight excluding hydrogens is 260 g/mol. The van der Waals surface area contributed by atoms with E-state index in [1.54, 1.807) is 0 Å². The maximum atomic E-state index is 6.04. The molecule has 0 atom stereocenters. The highest BCUT2D eigenvalue weighted by atomic mass is 35.5. The van der Waals surface area contributed by atoms with Gasteiger partial charge in [-0.25, -0.2) is 0 Å². The van der Waals surface area contributed by atoms with E-state index in [9.17, 15) is 0 Å². The summed E-state index contributed by atoms with van der Waals surface area (Å²) in [4.78, 5) is 0. The largest absolute Gasteiger partial charge is 0.491 e. The summed E-state index contributed by atoms with van der Waals surface area (Å²) >= 11 is 6.04. The van der Waals surface area contributed by atoms with Crippen LogP contribution in [0.5, 0.6) is 5.75 Å². The molecule has 0 aliphatic heterocycles. The van der Waals surface area contributed by atoms with E-state index in [1.807, 2.05) is 36.0 Å². The van der Waals surface area contributed by atoms with Gasteiger partial charge in [0.1, 0.15) is 5.75 Å². The molecule has 1 heterocycles. The zero-order valence-corrected chi connectivity index (χ0v) is 12.1. The van der Waals surface area contributed by atoms with Crippen LogP contribution in [-0.4, -0.2) is 11.2 Å². The Hall–Kier alpha value is -1.61. The standard InChI is InChI=1S/C15H19ClN2O/c1-3-8-19-15-5-4-13(16)9-14(15)17-10-12-6-7-18(2)11-12/h4-7,9,11,17H,3,8,10H2,1-2H3. The maximum Gasteiger partial charge on any atom is 0.142 e. The molecule has 1 aromatic heterocycles. The third-order valence-corrected chi connectivity index (χ3v) is 3.01. The quantitative estimate of drug-likeness (QED) is 0.862. The number of halogens is 1. The number of ether oxygens (including phenoxy) is 1. The fourth-order valence-electron chi connectivity index (χ4n) is 1.84. The van der Waals surface area contributed by atoms with Crippen molar-refractivity contribution in [2.24, 2.45) is 7.05 Å². The monoisotopic (exact) mass is 278 g/mol. The molecule has 2 rings (SSSR count). The number of rotatable bonds is 6. The van der Waals surface area contributed by atoms with Gasteiger partial charge in [-0.3, -0.25) is 0 Å². The molecule has 0 amide bonds. The molecule has 102 valence electrons. The number of nitrogens with one attached hydrogen (secondary N) is 1. The van der Waals surface area contributed by atoms with Crippen molar-refractivity contribution < 1.29 is 4.74 Å². The van der Waals surface area contributed by atoms with E-state index >= 15 is 0 Å². The van der Waals surface area contributed by atoms with Gasteiger partial charge in [-0.1, -0.05) is 18.5 Å². The molecule has 0 aliphatic rings. The summed E-state index contributed by atoms with van der Waals surface area (Å²) in [6.45, 7) is 3.55. The molecule has 3 nitrogen and oxygen atoms in total. The van der Waals surface area contributed by atoms with Crippen molar-refractivity contribution in [2.75, 3.05) is 11.9 Å². The second kappa shape index (κ2) is 6.53. The molecule has 0 saturated heterocycles. The Labute approximate surface area is 119 Å². The Balaban J connectivity index is 2.06. The van der Waals surface area contributed by atoms with Gasteiger partial charge in [0.25, 0.3) is 0 Å². The summed E-state index contributed by atoms with van der Waals surface area (Å²) in [5.74, 6) is 0.849. The highest BCUT2D eigenvalue weighted by molar-refractivity contribution is 6.30. The average molecular weight is 279 g/mol. The van der Waals surface area contributed by atoms with Crippen LogP contribution < -0.4 is 10.1 Å². The first-order valence-corrected chi connectivity index (χ1v) is 6.84. The molecule has 0 unspecified atom stereocenters. The molecule has 0 spiro atoms. The number of aryl methyl sites for hydroxylation is 1. The van der Waals surface area contributed by atoms with E-state index in [0.717, 1.165) is 24.4 Å². The second-order valence-corrected chi connectivity index (χ2v) is 4.96. The van der Waals surface area contributed by atoms with Gasteiger partial charge in [-0.2, -0.15) is 0 Å². The lowest BCUT2D eigenvalue weighted by molar-refractivity contribution is 0.319. The van der Waals surface area contributed by atoms with Crippen LogP contribution in [0.2, 0.25) is 5.02 Å². The molecule has 0 aliphatic carbocycles. The van der Waals surface area contributed by atoms with Gasteiger partial charge in [-0.05, 0) is 36.2 Å². The van der Waals surface area contributed by atoms with Crippen LogP contribution in [0.25, 0.3) is 0 Å². The van der Waals surface area contributed by atoms with E-state index in [1.165, 1.54) is 5.56 Å². The summed E-state index contributed by atoms with van der Waals surface area (Å²) in [6.07, 6.45) is 5.11. The van der Waals surface area contributed by atoms with Crippen LogP contribution in [0.1, 0.15) is 18.9 Å². The number of hydrogen-bond acceptors (Lipinski definition) is 2. The van der Waals surface area contributed by atoms with E-state index < -0.39 is 0 Å². The Morgan fingerprint density at radius 1 is 1.32 bits per heavy atom. The number of benzene rings is 1. The van der Waals surface area contributed by atoms with E-state index in [2.05, 4.69) is 24.5 Å². The molecule has 0 bridgehead atoms. The van der Waals surface area contributed by atoms with Gasteiger partial charge in [0, 0.05) is 31.0 Å². The van der Waals surface area contributed by atoms with Gasteiger partial charge in [-0.15, -0.1) is 0 Å². The lowest BCUT2D eigenvalue weighted by Gasteiger charge is -2.13. The third-order valence-electron chi connectivity index (χ3n) is 2.78. The van der Waals surface area contributed by atoms with Crippen LogP contribution in [0.3, 0.4) is 0 Å². The number of aromatic nitrogens is 1. The van der Waals surface area contributed by atoms with Gasteiger partial charge in [0.2, 0.25) is 0 Å². The fourth-order valence-corrected chi connectivity index (χ4v) is 2.01. The van der Waals surface area contributed by atoms with E-state index in [-0.39, 0.29) is 0 Å². The second-order valence-electron chi connectivity index (χ2n) is 4.53. The summed E-state index contributed by atoms with van der Waals surface area (Å²) in [5, 5.41) is 4.08. The first-order chi connectivity index (χ1) is 9.19. The molecule has 1 aromatic carbocycles. The fraction of sp³-hybridized carbons (Fsp3) is 0.333. The molecular formula is C15H19ClN2O. The van der Waals surface area contributed by atoms with Crippen molar-refractivity contribution in [2.45, 2.75) is 19.9 Å². The highest BCUT2D eigenvalue weighted by Gasteiger charge is 2.05. The first kappa shape index (κ1) is 13.8. The Bertz CT molecular complexity index is 537. The molecule has 1 N–H and O–H groups in total. The lowest BCUT2D eigenvalue weighted by atomic mass is 10.2. The van der Waals surface area contributed by atoms with Crippen molar-refractivity contribution in [3.8, 4) is 5.75 Å². The van der Waals surface area contributed by atoms with Crippen molar-refractivity contribution >= 4 is 17.3 Å². The zero-order valence-electron chi connectivity index (χ0n) is 11.3. The van der Waals surface area contributed by atoms with Crippen LogP contribution in [0.15, 0.2) is 36.7 Å². The number of hydrogen-bond donors (Lipinski definition) is 1. The Kier molecular flexibility index (Phi) is 4.74. The topological polar surface area (TPSA) is 26.2 Å². The maximum absolute atomic E-state index is 6.04. The predicted molar refractivity (Wildman–Crippen MR) is 80.0 cm³/mol. The van der Waals surface area contributed by atoms with Crippen LogP contribution >= 0.6 is 11.6 Å². The molecule has 4 heteroatoms. The van der Waals surface area contributed by atoms with E-state index in [4.69, 9.17) is 16.3 Å². The molecule has 2 aromatic rings. The first-order valence-electron chi connectivity index (χ1n) is 6.46. The van der Waals surface area contributed by atoms with Crippen molar-refractivity contribution in [1.29, 1.82) is 0 Å². The van der Waals surface area contributed by atoms with E-state index in [0.29, 0.717) is 11.6 Å². The molecule has 0 fully saturated rings.